The van der Waals surface area contributed by atoms with Crippen LogP contribution in [0.1, 0.15) is 18.1 Å². The molecule has 1 aliphatic rings. The number of hydrogen-bond acceptors (Lipinski definition) is 5. The highest BCUT2D eigenvalue weighted by molar-refractivity contribution is 8.18. The summed E-state index contributed by atoms with van der Waals surface area (Å²) in [5, 5.41) is 4.35. The number of nitrogens with zero attached hydrogens (tertiary/aromatic N) is 1. The average molecular weight is 499 g/mol. The average Bonchev–Trinajstić information content (AvgIpc) is 3.15. The summed E-state index contributed by atoms with van der Waals surface area (Å²) in [5.74, 6) is 1.32. The van der Waals surface area contributed by atoms with Crippen molar-refractivity contribution in [3.8, 4) is 11.5 Å². The second-order valence-corrected chi connectivity index (χ2v) is 8.86. The van der Waals surface area contributed by atoms with Gasteiger partial charge < -0.3 is 14.8 Å². The Kier molecular flexibility index (Phi) is 7.60. The second-order valence-electron chi connectivity index (χ2n) is 7.01. The SMILES string of the molecule is CCOc1ccc(N=C2NC(=O)/C(=C\c3ccc(OCc4ccc(Cl)c(Cl)c4)cc3)S2)cc1. The van der Waals surface area contributed by atoms with Crippen LogP contribution in [0.2, 0.25) is 10.0 Å². The first-order valence-corrected chi connectivity index (χ1v) is 11.8. The Morgan fingerprint density at radius 2 is 1.64 bits per heavy atom. The maximum atomic E-state index is 12.4. The molecule has 1 aliphatic heterocycles. The van der Waals surface area contributed by atoms with Gasteiger partial charge in [-0.1, -0.05) is 41.4 Å². The van der Waals surface area contributed by atoms with E-state index in [-0.39, 0.29) is 5.91 Å². The van der Waals surface area contributed by atoms with Gasteiger partial charge in [-0.15, -0.1) is 0 Å². The van der Waals surface area contributed by atoms with E-state index in [0.29, 0.717) is 39.1 Å². The molecule has 0 aromatic heterocycles. The Bertz CT molecular complexity index is 1210. The number of halogens is 2. The molecule has 33 heavy (non-hydrogen) atoms. The summed E-state index contributed by atoms with van der Waals surface area (Å²) in [6.45, 7) is 2.92. The van der Waals surface area contributed by atoms with Crippen LogP contribution in [0.3, 0.4) is 0 Å². The molecule has 1 heterocycles. The summed E-state index contributed by atoms with van der Waals surface area (Å²) in [6, 6.07) is 20.3. The van der Waals surface area contributed by atoms with Crippen LogP contribution in [0.25, 0.3) is 6.08 Å². The normalized spacial score (nSPS) is 15.7. The number of carbonyl (C=O) groups is 1. The van der Waals surface area contributed by atoms with E-state index in [9.17, 15) is 4.79 Å². The lowest BCUT2D eigenvalue weighted by Gasteiger charge is -2.07. The van der Waals surface area contributed by atoms with Crippen molar-refractivity contribution in [3.05, 3.63) is 92.8 Å². The highest BCUT2D eigenvalue weighted by Crippen LogP contribution is 2.29. The van der Waals surface area contributed by atoms with Crippen molar-refractivity contribution in [2.24, 2.45) is 4.99 Å². The first kappa shape index (κ1) is 23.2. The van der Waals surface area contributed by atoms with Gasteiger partial charge in [0.1, 0.15) is 18.1 Å². The van der Waals surface area contributed by atoms with Crippen LogP contribution >= 0.6 is 35.0 Å². The fraction of sp³-hybridized carbons (Fsp3) is 0.120. The molecular weight excluding hydrogens is 479 g/mol. The van der Waals surface area contributed by atoms with Gasteiger partial charge in [-0.25, -0.2) is 4.99 Å². The quantitative estimate of drug-likeness (QED) is 0.361. The standard InChI is InChI=1S/C25H20Cl2N2O3S/c1-2-31-19-10-6-18(7-11-19)28-25-29-24(30)23(33-25)14-16-3-8-20(9-4-16)32-15-17-5-12-21(26)22(27)13-17/h3-14H,2,15H2,1H3,(H,28,29,30)/b23-14+. The van der Waals surface area contributed by atoms with Crippen molar-refractivity contribution in [1.82, 2.24) is 5.32 Å². The zero-order chi connectivity index (χ0) is 23.2. The Labute approximate surface area is 206 Å². The van der Waals surface area contributed by atoms with Gasteiger partial charge in [-0.3, -0.25) is 4.79 Å². The Hall–Kier alpha value is -2.93. The van der Waals surface area contributed by atoms with Crippen molar-refractivity contribution in [2.75, 3.05) is 6.61 Å². The van der Waals surface area contributed by atoms with Gasteiger partial charge in [-0.05, 0) is 84.4 Å². The maximum absolute atomic E-state index is 12.4. The summed E-state index contributed by atoms with van der Waals surface area (Å²) in [5.41, 5.74) is 2.55. The van der Waals surface area contributed by atoms with E-state index in [1.165, 1.54) is 11.8 Å². The fourth-order valence-corrected chi connectivity index (χ4v) is 4.15. The van der Waals surface area contributed by atoms with Crippen LogP contribution in [0.4, 0.5) is 5.69 Å². The first-order valence-electron chi connectivity index (χ1n) is 10.2. The molecule has 0 unspecified atom stereocenters. The van der Waals surface area contributed by atoms with E-state index in [1.54, 1.807) is 12.1 Å². The topological polar surface area (TPSA) is 59.9 Å². The molecule has 1 saturated heterocycles. The molecule has 8 heteroatoms. The van der Waals surface area contributed by atoms with E-state index in [0.717, 1.165) is 22.6 Å². The minimum atomic E-state index is -0.176. The molecule has 168 valence electrons. The van der Waals surface area contributed by atoms with Gasteiger partial charge in [-0.2, -0.15) is 0 Å². The minimum Gasteiger partial charge on any atom is -0.494 e. The van der Waals surface area contributed by atoms with Crippen LogP contribution in [-0.4, -0.2) is 17.7 Å². The van der Waals surface area contributed by atoms with E-state index < -0.39 is 0 Å². The zero-order valence-electron chi connectivity index (χ0n) is 17.7. The van der Waals surface area contributed by atoms with Crippen LogP contribution in [0, 0.1) is 0 Å². The Morgan fingerprint density at radius 1 is 0.939 bits per heavy atom. The van der Waals surface area contributed by atoms with Crippen LogP contribution in [-0.2, 0) is 11.4 Å². The third-order valence-corrected chi connectivity index (χ3v) is 6.25. The lowest BCUT2D eigenvalue weighted by molar-refractivity contribution is -0.115. The number of ether oxygens (including phenoxy) is 2. The largest absolute Gasteiger partial charge is 0.494 e. The molecule has 0 bridgehead atoms. The maximum Gasteiger partial charge on any atom is 0.264 e. The molecule has 1 N–H and O–H groups in total. The molecule has 1 fully saturated rings. The highest BCUT2D eigenvalue weighted by Gasteiger charge is 2.23. The van der Waals surface area contributed by atoms with Crippen molar-refractivity contribution in [3.63, 3.8) is 0 Å². The highest BCUT2D eigenvalue weighted by atomic mass is 35.5. The number of carbonyl (C=O) groups excluding carboxylic acids is 1. The molecule has 4 rings (SSSR count). The predicted molar refractivity (Wildman–Crippen MR) is 136 cm³/mol. The molecular formula is C25H20Cl2N2O3S. The lowest BCUT2D eigenvalue weighted by atomic mass is 10.2. The summed E-state index contributed by atoms with van der Waals surface area (Å²) >= 11 is 13.3. The number of amides is 1. The third kappa shape index (κ3) is 6.32. The number of benzene rings is 3. The van der Waals surface area contributed by atoms with E-state index in [1.807, 2.05) is 67.6 Å². The number of rotatable bonds is 7. The zero-order valence-corrected chi connectivity index (χ0v) is 20.0. The Morgan fingerprint density at radius 3 is 2.33 bits per heavy atom. The number of thioether (sulfide) groups is 1. The predicted octanol–water partition coefficient (Wildman–Crippen LogP) is 6.86. The number of aliphatic imine (C=N–C) groups is 1. The molecule has 0 aliphatic carbocycles. The molecule has 0 atom stereocenters. The molecule has 5 nitrogen and oxygen atoms in total. The number of nitrogens with one attached hydrogen (secondary N) is 1. The van der Waals surface area contributed by atoms with Crippen molar-refractivity contribution in [2.45, 2.75) is 13.5 Å². The van der Waals surface area contributed by atoms with Crippen molar-refractivity contribution < 1.29 is 14.3 Å². The monoisotopic (exact) mass is 498 g/mol. The summed E-state index contributed by atoms with van der Waals surface area (Å²) in [6.07, 6.45) is 1.82. The second kappa shape index (κ2) is 10.8. The summed E-state index contributed by atoms with van der Waals surface area (Å²) in [7, 11) is 0. The van der Waals surface area contributed by atoms with Gasteiger partial charge >= 0.3 is 0 Å². The number of hydrogen-bond donors (Lipinski definition) is 1. The van der Waals surface area contributed by atoms with Crippen molar-refractivity contribution in [1.29, 1.82) is 0 Å². The van der Waals surface area contributed by atoms with Crippen LogP contribution < -0.4 is 14.8 Å². The van der Waals surface area contributed by atoms with E-state index >= 15 is 0 Å². The fourth-order valence-electron chi connectivity index (χ4n) is 2.99. The summed E-state index contributed by atoms with van der Waals surface area (Å²) in [4.78, 5) is 17.4. The molecule has 3 aromatic rings. The van der Waals surface area contributed by atoms with Gasteiger partial charge in [0.2, 0.25) is 0 Å². The third-order valence-electron chi connectivity index (χ3n) is 4.60. The molecule has 0 saturated carbocycles. The molecule has 3 aromatic carbocycles. The molecule has 0 spiro atoms. The Balaban J connectivity index is 1.38. The van der Waals surface area contributed by atoms with Crippen LogP contribution in [0.5, 0.6) is 11.5 Å². The van der Waals surface area contributed by atoms with Crippen molar-refractivity contribution >= 4 is 57.8 Å². The van der Waals surface area contributed by atoms with Gasteiger partial charge in [0.25, 0.3) is 5.91 Å². The molecule has 1 amide bonds. The molecule has 0 radical (unpaired) electrons. The van der Waals surface area contributed by atoms with E-state index in [4.69, 9.17) is 32.7 Å². The minimum absolute atomic E-state index is 0.176. The summed E-state index contributed by atoms with van der Waals surface area (Å²) < 4.78 is 11.2. The smallest absolute Gasteiger partial charge is 0.264 e. The van der Waals surface area contributed by atoms with Crippen LogP contribution in [0.15, 0.2) is 76.6 Å². The van der Waals surface area contributed by atoms with Gasteiger partial charge in [0, 0.05) is 0 Å². The van der Waals surface area contributed by atoms with Gasteiger partial charge in [0.05, 0.1) is 27.2 Å². The lowest BCUT2D eigenvalue weighted by Crippen LogP contribution is -2.19. The van der Waals surface area contributed by atoms with Gasteiger partial charge in [0.15, 0.2) is 5.17 Å². The first-order chi connectivity index (χ1) is 16.0. The number of amidine groups is 1. The van der Waals surface area contributed by atoms with E-state index in [2.05, 4.69) is 10.3 Å².